The van der Waals surface area contributed by atoms with Gasteiger partial charge in [0, 0.05) is 12.8 Å². The molecule has 1 fully saturated rings. The van der Waals surface area contributed by atoms with E-state index in [0.29, 0.717) is 12.8 Å². The first-order valence-corrected chi connectivity index (χ1v) is 19.7. The van der Waals surface area contributed by atoms with Crippen LogP contribution in [0.15, 0.2) is 48.6 Å². The summed E-state index contributed by atoms with van der Waals surface area (Å²) in [5.41, 5.74) is 0. The summed E-state index contributed by atoms with van der Waals surface area (Å²) in [6, 6.07) is 0. The maximum Gasteiger partial charge on any atom is 0.306 e. The van der Waals surface area contributed by atoms with E-state index in [1.807, 2.05) is 0 Å². The molecule has 1 aliphatic rings. The second kappa shape index (κ2) is 32.3. The predicted molar refractivity (Wildman–Crippen MR) is 201 cm³/mol. The number of carbonyl (C=O) groups excluding carboxylic acids is 2. The number of esters is 2. The molecule has 0 aromatic carbocycles. The number of allylic oxidation sites excluding steroid dienone is 8. The summed E-state index contributed by atoms with van der Waals surface area (Å²) in [7, 11) is 0. The molecule has 1 rings (SSSR count). The van der Waals surface area contributed by atoms with Gasteiger partial charge in [-0.15, -0.1) is 0 Å². The predicted octanol–water partition coefficient (Wildman–Crippen LogP) is 7.32. The van der Waals surface area contributed by atoms with Crippen LogP contribution in [-0.2, 0) is 28.5 Å². The fraction of sp³-hybridized carbons (Fsp3) is 0.756. The fourth-order valence-electron chi connectivity index (χ4n) is 5.47. The number of hydrogen-bond acceptors (Lipinski definition) is 10. The van der Waals surface area contributed by atoms with Gasteiger partial charge in [-0.25, -0.2) is 0 Å². The molecule has 1 saturated heterocycles. The molecule has 1 heterocycles. The van der Waals surface area contributed by atoms with E-state index in [2.05, 4.69) is 62.5 Å². The zero-order chi connectivity index (χ0) is 37.4. The molecular weight excluding hydrogens is 652 g/mol. The highest BCUT2D eigenvalue weighted by molar-refractivity contribution is 5.70. The Morgan fingerprint density at radius 3 is 1.76 bits per heavy atom. The molecule has 0 amide bonds. The van der Waals surface area contributed by atoms with Gasteiger partial charge in [0.25, 0.3) is 0 Å². The van der Waals surface area contributed by atoms with Crippen molar-refractivity contribution in [2.45, 2.75) is 179 Å². The van der Waals surface area contributed by atoms with Crippen molar-refractivity contribution in [2.75, 3.05) is 19.8 Å². The lowest BCUT2D eigenvalue weighted by molar-refractivity contribution is -0.305. The number of hydrogen-bond donors (Lipinski definition) is 4. The molecule has 51 heavy (non-hydrogen) atoms. The number of carbonyl (C=O) groups is 2. The van der Waals surface area contributed by atoms with E-state index in [1.54, 1.807) is 0 Å². The lowest BCUT2D eigenvalue weighted by Gasteiger charge is -2.39. The van der Waals surface area contributed by atoms with Gasteiger partial charge in [0.1, 0.15) is 31.0 Å². The summed E-state index contributed by atoms with van der Waals surface area (Å²) < 4.78 is 22.0. The molecule has 4 N–H and O–H groups in total. The van der Waals surface area contributed by atoms with Crippen LogP contribution in [0.1, 0.15) is 142 Å². The zero-order valence-electron chi connectivity index (χ0n) is 31.6. The average Bonchev–Trinajstić information content (AvgIpc) is 3.13. The summed E-state index contributed by atoms with van der Waals surface area (Å²) in [5, 5.41) is 39.9. The van der Waals surface area contributed by atoms with Gasteiger partial charge >= 0.3 is 11.9 Å². The van der Waals surface area contributed by atoms with Gasteiger partial charge in [-0.3, -0.25) is 9.59 Å². The molecule has 1 aliphatic heterocycles. The van der Waals surface area contributed by atoms with Crippen LogP contribution in [0.3, 0.4) is 0 Å². The molecule has 0 aromatic heterocycles. The number of unbranched alkanes of at least 4 members (excludes halogenated alkanes) is 12. The summed E-state index contributed by atoms with van der Waals surface area (Å²) >= 11 is 0. The minimum Gasteiger partial charge on any atom is -0.462 e. The summed E-state index contributed by atoms with van der Waals surface area (Å²) in [4.78, 5) is 25.1. The molecular formula is C41H70O10. The molecule has 10 heteroatoms. The first kappa shape index (κ1) is 46.7. The Bertz CT molecular complexity index is 975. The number of ether oxygens (including phenoxy) is 4. The second-order valence-corrected chi connectivity index (χ2v) is 13.4. The standard InChI is InChI=1S/C41H70O10/c1-3-5-7-9-11-13-15-16-17-18-20-22-24-26-28-30-37(44)50-34(33-49-41-40(47)39(46)38(45)35(31-42)51-41)32-48-36(43)29-27-25-23-21-19-14-12-10-8-6-4-2/h10-13,16-17,20,22,34-35,38-42,45-47H,3-9,14-15,18-19,21,23-33H2,1-2H3/b12-10+,13-11+,17-16+,22-20+/t34-,35-,38+,39?,40?,41-/m1/s1. The van der Waals surface area contributed by atoms with E-state index >= 15 is 0 Å². The SMILES string of the molecule is CCCC/C=C/CCCCCCCC(=O)OC[C@H](CO[C@@H]1O[C@H](CO)[C@H](O)C(O)C1O)OC(=O)CCCC/C=C/C/C=C/C/C=C/CCCCC. The zero-order valence-corrected chi connectivity index (χ0v) is 31.6. The topological polar surface area (TPSA) is 152 Å². The molecule has 0 aliphatic carbocycles. The largest absolute Gasteiger partial charge is 0.462 e. The average molecular weight is 723 g/mol. The minimum atomic E-state index is -1.60. The van der Waals surface area contributed by atoms with Gasteiger partial charge in [-0.05, 0) is 70.6 Å². The van der Waals surface area contributed by atoms with E-state index in [-0.39, 0.29) is 26.1 Å². The third kappa shape index (κ3) is 24.5. The first-order chi connectivity index (χ1) is 24.8. The van der Waals surface area contributed by atoms with Crippen molar-refractivity contribution in [1.29, 1.82) is 0 Å². The number of aliphatic hydroxyl groups is 4. The molecule has 294 valence electrons. The normalized spacial score (nSPS) is 21.7. The van der Waals surface area contributed by atoms with Crippen molar-refractivity contribution in [3.8, 4) is 0 Å². The van der Waals surface area contributed by atoms with Crippen LogP contribution >= 0.6 is 0 Å². The van der Waals surface area contributed by atoms with Crippen molar-refractivity contribution < 1.29 is 49.0 Å². The third-order valence-corrected chi connectivity index (χ3v) is 8.69. The Kier molecular flexibility index (Phi) is 29.6. The summed E-state index contributed by atoms with van der Waals surface area (Å²) in [6.07, 6.45) is 28.4. The van der Waals surface area contributed by atoms with Crippen molar-refractivity contribution in [3.05, 3.63) is 48.6 Å². The fourth-order valence-corrected chi connectivity index (χ4v) is 5.47. The van der Waals surface area contributed by atoms with Gasteiger partial charge < -0.3 is 39.4 Å². The highest BCUT2D eigenvalue weighted by atomic mass is 16.7. The Morgan fingerprint density at radius 1 is 0.608 bits per heavy atom. The van der Waals surface area contributed by atoms with Gasteiger partial charge in [0.05, 0.1) is 13.2 Å². The molecule has 0 aromatic rings. The van der Waals surface area contributed by atoms with E-state index in [0.717, 1.165) is 70.6 Å². The smallest absolute Gasteiger partial charge is 0.306 e. The van der Waals surface area contributed by atoms with Crippen LogP contribution in [0.4, 0.5) is 0 Å². The monoisotopic (exact) mass is 722 g/mol. The van der Waals surface area contributed by atoms with Gasteiger partial charge in [-0.2, -0.15) is 0 Å². The Morgan fingerprint density at radius 2 is 1.12 bits per heavy atom. The van der Waals surface area contributed by atoms with Crippen LogP contribution in [0.5, 0.6) is 0 Å². The Balaban J connectivity index is 2.44. The van der Waals surface area contributed by atoms with Crippen LogP contribution < -0.4 is 0 Å². The quantitative estimate of drug-likeness (QED) is 0.0325. The van der Waals surface area contributed by atoms with Gasteiger partial charge in [0.15, 0.2) is 12.4 Å². The summed E-state index contributed by atoms with van der Waals surface area (Å²) in [5.74, 6) is -0.869. The van der Waals surface area contributed by atoms with E-state index in [1.165, 1.54) is 32.1 Å². The minimum absolute atomic E-state index is 0.178. The van der Waals surface area contributed by atoms with Crippen LogP contribution in [-0.4, -0.2) is 89.0 Å². The maximum absolute atomic E-state index is 12.7. The molecule has 0 spiro atoms. The number of aliphatic hydroxyl groups excluding tert-OH is 4. The second-order valence-electron chi connectivity index (χ2n) is 13.4. The lowest BCUT2D eigenvalue weighted by atomic mass is 9.99. The van der Waals surface area contributed by atoms with Gasteiger partial charge in [-0.1, -0.05) is 107 Å². The molecule has 10 nitrogen and oxygen atoms in total. The highest BCUT2D eigenvalue weighted by Gasteiger charge is 2.44. The molecule has 0 saturated carbocycles. The van der Waals surface area contributed by atoms with Crippen molar-refractivity contribution in [1.82, 2.24) is 0 Å². The number of rotatable bonds is 31. The molecule has 0 bridgehead atoms. The first-order valence-electron chi connectivity index (χ1n) is 19.7. The maximum atomic E-state index is 12.7. The third-order valence-electron chi connectivity index (χ3n) is 8.69. The lowest BCUT2D eigenvalue weighted by Crippen LogP contribution is -2.59. The molecule has 2 unspecified atom stereocenters. The van der Waals surface area contributed by atoms with Crippen molar-refractivity contribution in [3.63, 3.8) is 0 Å². The Hall–Kier alpha value is -2.34. The van der Waals surface area contributed by atoms with E-state index < -0.39 is 55.4 Å². The van der Waals surface area contributed by atoms with Crippen molar-refractivity contribution in [2.24, 2.45) is 0 Å². The van der Waals surface area contributed by atoms with E-state index in [4.69, 9.17) is 18.9 Å². The summed E-state index contributed by atoms with van der Waals surface area (Å²) in [6.45, 7) is 3.28. The van der Waals surface area contributed by atoms with Crippen LogP contribution in [0, 0.1) is 0 Å². The van der Waals surface area contributed by atoms with Crippen LogP contribution in [0.25, 0.3) is 0 Å². The van der Waals surface area contributed by atoms with Gasteiger partial charge in [0.2, 0.25) is 0 Å². The molecule has 6 atom stereocenters. The van der Waals surface area contributed by atoms with Crippen LogP contribution in [0.2, 0.25) is 0 Å². The van der Waals surface area contributed by atoms with E-state index in [9.17, 15) is 30.0 Å². The molecule has 0 radical (unpaired) electrons. The Labute approximate surface area is 308 Å². The highest BCUT2D eigenvalue weighted by Crippen LogP contribution is 2.22. The van der Waals surface area contributed by atoms with Crippen molar-refractivity contribution >= 4 is 11.9 Å².